The molecule has 0 amide bonds. The topological polar surface area (TPSA) is 27.7 Å². The highest BCUT2D eigenvalue weighted by Gasteiger charge is 2.18. The van der Waals surface area contributed by atoms with Gasteiger partial charge in [0.1, 0.15) is 16.3 Å². The third kappa shape index (κ3) is 9.66. The zero-order chi connectivity index (χ0) is 10.4. The molecule has 3 unspecified atom stereocenters. The van der Waals surface area contributed by atoms with Crippen LogP contribution in [0.15, 0.2) is 0 Å². The molecule has 0 aliphatic rings. The van der Waals surface area contributed by atoms with E-state index in [4.69, 9.17) is 13.6 Å². The average Bonchev–Trinajstić information content (AvgIpc) is 1.80. The van der Waals surface area contributed by atoms with Crippen molar-refractivity contribution in [2.24, 2.45) is 0 Å². The van der Waals surface area contributed by atoms with Crippen LogP contribution < -0.4 is 0 Å². The Morgan fingerprint density at radius 3 is 1.15 bits per heavy atom. The van der Waals surface area contributed by atoms with E-state index < -0.39 is 8.60 Å². The molecule has 13 heavy (non-hydrogen) atoms. The maximum atomic E-state index is 5.26. The summed E-state index contributed by atoms with van der Waals surface area (Å²) in [4.78, 5) is 0. The normalized spacial score (nSPS) is 20.8. The summed E-state index contributed by atoms with van der Waals surface area (Å²) in [7, 11) is -1.41. The molecule has 0 bridgehead atoms. The summed E-state index contributed by atoms with van der Waals surface area (Å²) in [5.74, 6) is 0. The van der Waals surface area contributed by atoms with Crippen LogP contribution in [-0.4, -0.2) is 16.3 Å². The van der Waals surface area contributed by atoms with E-state index in [0.717, 1.165) is 0 Å². The Bertz CT molecular complexity index is 111. The standard InChI is InChI=1S/C6H15O3PS3/c1-4(11)7-10(8-5(2)12)9-6(3)13/h4-6,11-13H,1-3H3. The van der Waals surface area contributed by atoms with Crippen LogP contribution >= 0.6 is 46.5 Å². The monoisotopic (exact) mass is 262 g/mol. The molecule has 0 N–H and O–H groups in total. The van der Waals surface area contributed by atoms with E-state index in [1.54, 1.807) is 20.8 Å². The molecule has 3 atom stereocenters. The van der Waals surface area contributed by atoms with Crippen molar-refractivity contribution in [1.29, 1.82) is 0 Å². The molecule has 0 aromatic rings. The predicted molar refractivity (Wildman–Crippen MR) is 65.5 cm³/mol. The number of rotatable bonds is 6. The van der Waals surface area contributed by atoms with Gasteiger partial charge in [-0.1, -0.05) is 0 Å². The molecule has 0 fully saturated rings. The highest BCUT2D eigenvalue weighted by atomic mass is 32.1. The highest BCUT2D eigenvalue weighted by Crippen LogP contribution is 2.44. The Kier molecular flexibility index (Phi) is 8.42. The largest absolute Gasteiger partial charge is 0.335 e. The minimum Gasteiger partial charge on any atom is -0.298 e. The van der Waals surface area contributed by atoms with Crippen molar-refractivity contribution in [1.82, 2.24) is 0 Å². The summed E-state index contributed by atoms with van der Waals surface area (Å²) in [5.41, 5.74) is -0.694. The molecular weight excluding hydrogens is 247 g/mol. The van der Waals surface area contributed by atoms with Crippen molar-refractivity contribution in [2.45, 2.75) is 37.1 Å². The van der Waals surface area contributed by atoms with Crippen molar-refractivity contribution < 1.29 is 13.6 Å². The molecule has 0 aromatic heterocycles. The number of hydrogen-bond donors (Lipinski definition) is 3. The zero-order valence-electron chi connectivity index (χ0n) is 7.75. The highest BCUT2D eigenvalue weighted by molar-refractivity contribution is 7.81. The molecule has 3 nitrogen and oxygen atoms in total. The number of thiol groups is 3. The van der Waals surface area contributed by atoms with Crippen molar-refractivity contribution in [3.8, 4) is 0 Å². The van der Waals surface area contributed by atoms with Gasteiger partial charge in [0.05, 0.1) is 0 Å². The van der Waals surface area contributed by atoms with E-state index >= 15 is 0 Å². The average molecular weight is 262 g/mol. The SMILES string of the molecule is CC(S)OP(OC(C)S)OC(C)S. The van der Waals surface area contributed by atoms with Crippen LogP contribution in [0.25, 0.3) is 0 Å². The van der Waals surface area contributed by atoms with Gasteiger partial charge in [0.2, 0.25) is 0 Å². The van der Waals surface area contributed by atoms with Crippen molar-refractivity contribution in [2.75, 3.05) is 0 Å². The molecule has 0 aliphatic heterocycles. The van der Waals surface area contributed by atoms with Crippen LogP contribution in [0, 0.1) is 0 Å². The lowest BCUT2D eigenvalue weighted by molar-refractivity contribution is 0.149. The Morgan fingerprint density at radius 2 is 1.00 bits per heavy atom. The second-order valence-electron chi connectivity index (χ2n) is 2.34. The van der Waals surface area contributed by atoms with Crippen LogP contribution in [0.4, 0.5) is 0 Å². The van der Waals surface area contributed by atoms with Gasteiger partial charge < -0.3 is 0 Å². The van der Waals surface area contributed by atoms with Gasteiger partial charge in [0.25, 0.3) is 0 Å². The summed E-state index contributed by atoms with van der Waals surface area (Å²) in [6, 6.07) is 0. The van der Waals surface area contributed by atoms with Gasteiger partial charge in [-0.15, -0.1) is 37.9 Å². The summed E-state index contributed by atoms with van der Waals surface area (Å²) in [6.45, 7) is 5.37. The molecule has 0 radical (unpaired) electrons. The molecule has 0 aliphatic carbocycles. The molecule has 7 heteroatoms. The lowest BCUT2D eigenvalue weighted by Crippen LogP contribution is -2.06. The zero-order valence-corrected chi connectivity index (χ0v) is 11.3. The number of hydrogen-bond acceptors (Lipinski definition) is 6. The maximum Gasteiger partial charge on any atom is 0.335 e. The van der Waals surface area contributed by atoms with Crippen LogP contribution in [0.2, 0.25) is 0 Å². The molecule has 80 valence electrons. The first kappa shape index (κ1) is 14.4. The summed E-state index contributed by atoms with van der Waals surface area (Å²) in [5, 5.41) is 0. The van der Waals surface area contributed by atoms with Gasteiger partial charge in [0, 0.05) is 0 Å². The van der Waals surface area contributed by atoms with Gasteiger partial charge in [0.15, 0.2) is 0 Å². The minimum absolute atomic E-state index is 0.231. The molecule has 0 rings (SSSR count). The van der Waals surface area contributed by atoms with Gasteiger partial charge in [-0.3, -0.25) is 13.6 Å². The Hall–Kier alpha value is 1.36. The fourth-order valence-corrected chi connectivity index (χ4v) is 2.04. The summed E-state index contributed by atoms with van der Waals surface area (Å²) >= 11 is 12.2. The second-order valence-corrected chi connectivity index (χ2v) is 5.60. The van der Waals surface area contributed by atoms with Crippen LogP contribution in [-0.2, 0) is 13.6 Å². The van der Waals surface area contributed by atoms with Crippen LogP contribution in [0.3, 0.4) is 0 Å². The van der Waals surface area contributed by atoms with Crippen LogP contribution in [0.5, 0.6) is 0 Å². The first-order valence-electron chi connectivity index (χ1n) is 3.76. The molecule has 0 aromatic carbocycles. The molecule has 0 saturated carbocycles. The third-order valence-corrected chi connectivity index (χ3v) is 3.00. The fraction of sp³-hybridized carbons (Fsp3) is 1.00. The van der Waals surface area contributed by atoms with Crippen molar-refractivity contribution in [3.05, 3.63) is 0 Å². The Labute approximate surface area is 97.1 Å². The fourth-order valence-electron chi connectivity index (χ4n) is 0.448. The van der Waals surface area contributed by atoms with Crippen LogP contribution in [0.1, 0.15) is 20.8 Å². The quantitative estimate of drug-likeness (QED) is 0.390. The predicted octanol–water partition coefficient (Wildman–Crippen LogP) is 3.09. The van der Waals surface area contributed by atoms with Gasteiger partial charge in [-0.2, -0.15) is 0 Å². The van der Waals surface area contributed by atoms with Gasteiger partial charge in [-0.05, 0) is 20.8 Å². The van der Waals surface area contributed by atoms with Gasteiger partial charge >= 0.3 is 8.60 Å². The summed E-state index contributed by atoms with van der Waals surface area (Å²) in [6.07, 6.45) is 0. The smallest absolute Gasteiger partial charge is 0.298 e. The Balaban J connectivity index is 3.87. The van der Waals surface area contributed by atoms with E-state index in [1.807, 2.05) is 0 Å². The molecular formula is C6H15O3PS3. The van der Waals surface area contributed by atoms with Crippen molar-refractivity contribution >= 4 is 46.5 Å². The lowest BCUT2D eigenvalue weighted by Gasteiger charge is -2.21. The first-order chi connectivity index (χ1) is 5.91. The van der Waals surface area contributed by atoms with E-state index in [0.29, 0.717) is 0 Å². The van der Waals surface area contributed by atoms with E-state index in [9.17, 15) is 0 Å². The minimum atomic E-state index is -1.41. The maximum absolute atomic E-state index is 5.26. The second kappa shape index (κ2) is 7.63. The molecule has 0 saturated heterocycles. The van der Waals surface area contributed by atoms with Gasteiger partial charge in [-0.25, -0.2) is 0 Å². The third-order valence-electron chi connectivity index (χ3n) is 0.716. The first-order valence-corrected chi connectivity index (χ1v) is 6.41. The van der Waals surface area contributed by atoms with E-state index in [2.05, 4.69) is 37.9 Å². The summed E-state index contributed by atoms with van der Waals surface area (Å²) < 4.78 is 15.8. The van der Waals surface area contributed by atoms with E-state index in [-0.39, 0.29) is 16.3 Å². The molecule has 0 spiro atoms. The lowest BCUT2D eigenvalue weighted by atomic mass is 10.9. The van der Waals surface area contributed by atoms with E-state index in [1.165, 1.54) is 0 Å². The van der Waals surface area contributed by atoms with Crippen molar-refractivity contribution in [3.63, 3.8) is 0 Å². The molecule has 0 heterocycles. The Morgan fingerprint density at radius 1 is 0.769 bits per heavy atom.